The molecule has 2 rings (SSSR count). The van der Waals surface area contributed by atoms with Gasteiger partial charge in [-0.1, -0.05) is 0 Å². The van der Waals surface area contributed by atoms with Gasteiger partial charge >= 0.3 is 0 Å². The van der Waals surface area contributed by atoms with Crippen LogP contribution in [-0.4, -0.2) is 23.7 Å². The molecule has 0 aromatic carbocycles. The van der Waals surface area contributed by atoms with Crippen LogP contribution in [0.1, 0.15) is 53.4 Å². The van der Waals surface area contributed by atoms with E-state index in [9.17, 15) is 4.79 Å². The van der Waals surface area contributed by atoms with Crippen LogP contribution < -0.4 is 5.32 Å². The molecule has 3 nitrogen and oxygen atoms in total. The summed E-state index contributed by atoms with van der Waals surface area (Å²) < 4.78 is 0. The molecule has 0 aliphatic heterocycles. The van der Waals surface area contributed by atoms with Crippen LogP contribution in [0.2, 0.25) is 0 Å². The first kappa shape index (κ1) is 13.6. The van der Waals surface area contributed by atoms with E-state index in [2.05, 4.69) is 5.32 Å². The van der Waals surface area contributed by atoms with Gasteiger partial charge in [0.1, 0.15) is 0 Å². The van der Waals surface area contributed by atoms with Crippen molar-refractivity contribution < 1.29 is 9.90 Å². The molecule has 0 bridgehead atoms. The fraction of sp³-hybridized carbons (Fsp3) is 0.643. The van der Waals surface area contributed by atoms with Gasteiger partial charge in [0.2, 0.25) is 0 Å². The number of aryl methyl sites for hydroxylation is 1. The molecule has 1 aliphatic carbocycles. The summed E-state index contributed by atoms with van der Waals surface area (Å²) >= 11 is 1.72. The highest BCUT2D eigenvalue weighted by Gasteiger charge is 2.19. The first-order chi connectivity index (χ1) is 8.68. The van der Waals surface area contributed by atoms with E-state index < -0.39 is 0 Å². The number of hydrogen-bond acceptors (Lipinski definition) is 3. The second-order valence-electron chi connectivity index (χ2n) is 5.01. The van der Waals surface area contributed by atoms with Crippen molar-refractivity contribution in [1.29, 1.82) is 0 Å². The van der Waals surface area contributed by atoms with Crippen molar-refractivity contribution >= 4 is 17.2 Å². The molecule has 1 atom stereocenters. The number of rotatable bonds is 5. The second kappa shape index (κ2) is 6.34. The molecule has 0 saturated carbocycles. The summed E-state index contributed by atoms with van der Waals surface area (Å²) in [5, 5.41) is 14.1. The van der Waals surface area contributed by atoms with Gasteiger partial charge < -0.3 is 10.4 Å². The lowest BCUT2D eigenvalue weighted by molar-refractivity contribution is 0.0949. The standard InChI is InChI=1S/C14H21NO2S/c1-10(16)5-4-8-15-14(17)12-9-18-13-7-3-2-6-11(12)13/h9-10,16H,2-8H2,1H3,(H,15,17). The zero-order chi connectivity index (χ0) is 13.0. The lowest BCUT2D eigenvalue weighted by atomic mass is 9.95. The summed E-state index contributed by atoms with van der Waals surface area (Å²) in [6, 6.07) is 0. The smallest absolute Gasteiger partial charge is 0.252 e. The number of aliphatic hydroxyl groups is 1. The molecule has 100 valence electrons. The zero-order valence-electron chi connectivity index (χ0n) is 10.9. The first-order valence-corrected chi connectivity index (χ1v) is 7.62. The van der Waals surface area contributed by atoms with E-state index in [1.165, 1.54) is 23.3 Å². The molecule has 4 heteroatoms. The van der Waals surface area contributed by atoms with Crippen molar-refractivity contribution in [2.75, 3.05) is 6.54 Å². The van der Waals surface area contributed by atoms with Gasteiger partial charge in [0.25, 0.3) is 5.91 Å². The maximum absolute atomic E-state index is 12.1. The number of hydrogen-bond donors (Lipinski definition) is 2. The third-order valence-corrected chi connectivity index (χ3v) is 4.48. The van der Waals surface area contributed by atoms with Gasteiger partial charge in [-0.3, -0.25) is 4.79 Å². The topological polar surface area (TPSA) is 49.3 Å². The van der Waals surface area contributed by atoms with Crippen LogP contribution in [0.3, 0.4) is 0 Å². The van der Waals surface area contributed by atoms with E-state index in [0.717, 1.165) is 31.2 Å². The highest BCUT2D eigenvalue weighted by Crippen LogP contribution is 2.30. The summed E-state index contributed by atoms with van der Waals surface area (Å²) in [5.74, 6) is 0.0555. The molecule has 1 heterocycles. The Balaban J connectivity index is 1.87. The third-order valence-electron chi connectivity index (χ3n) is 3.39. The Morgan fingerprint density at radius 1 is 1.50 bits per heavy atom. The lowest BCUT2D eigenvalue weighted by Crippen LogP contribution is -2.25. The van der Waals surface area contributed by atoms with Crippen LogP contribution in [0.25, 0.3) is 0 Å². The van der Waals surface area contributed by atoms with Gasteiger partial charge in [0.15, 0.2) is 0 Å². The molecule has 1 aliphatic rings. The zero-order valence-corrected chi connectivity index (χ0v) is 11.7. The first-order valence-electron chi connectivity index (χ1n) is 6.74. The minimum atomic E-state index is -0.282. The van der Waals surface area contributed by atoms with Crippen LogP contribution >= 0.6 is 11.3 Å². The SMILES string of the molecule is CC(O)CCCNC(=O)c1csc2c1CCCC2. The van der Waals surface area contributed by atoms with Crippen molar-refractivity contribution in [3.63, 3.8) is 0 Å². The van der Waals surface area contributed by atoms with E-state index in [-0.39, 0.29) is 12.0 Å². The summed E-state index contributed by atoms with van der Waals surface area (Å²) in [5.41, 5.74) is 2.16. The van der Waals surface area contributed by atoms with Crippen LogP contribution in [0.15, 0.2) is 5.38 Å². The molecule has 0 saturated heterocycles. The monoisotopic (exact) mass is 267 g/mol. The van der Waals surface area contributed by atoms with Crippen molar-refractivity contribution in [1.82, 2.24) is 5.32 Å². The number of nitrogens with one attached hydrogen (secondary N) is 1. The Kier molecular flexibility index (Phi) is 4.78. The Morgan fingerprint density at radius 2 is 2.28 bits per heavy atom. The minimum absolute atomic E-state index is 0.0555. The van der Waals surface area contributed by atoms with E-state index >= 15 is 0 Å². The van der Waals surface area contributed by atoms with Gasteiger partial charge in [-0.05, 0) is 51.0 Å². The molecule has 1 amide bonds. The maximum Gasteiger partial charge on any atom is 0.252 e. The fourth-order valence-electron chi connectivity index (χ4n) is 2.38. The fourth-order valence-corrected chi connectivity index (χ4v) is 3.50. The average molecular weight is 267 g/mol. The second-order valence-corrected chi connectivity index (χ2v) is 5.97. The summed E-state index contributed by atoms with van der Waals surface area (Å²) in [4.78, 5) is 13.5. The van der Waals surface area contributed by atoms with E-state index in [4.69, 9.17) is 5.11 Å². The molecule has 0 radical (unpaired) electrons. The van der Waals surface area contributed by atoms with Gasteiger partial charge in [-0.15, -0.1) is 11.3 Å². The lowest BCUT2D eigenvalue weighted by Gasteiger charge is -2.12. The predicted octanol–water partition coefficient (Wildman–Crippen LogP) is 2.52. The molecule has 18 heavy (non-hydrogen) atoms. The highest BCUT2D eigenvalue weighted by atomic mass is 32.1. The van der Waals surface area contributed by atoms with Gasteiger partial charge in [0.05, 0.1) is 11.7 Å². The number of amides is 1. The molecule has 0 spiro atoms. The molecular formula is C14H21NO2S. The quantitative estimate of drug-likeness (QED) is 0.805. The number of thiophene rings is 1. The Hall–Kier alpha value is -0.870. The van der Waals surface area contributed by atoms with Gasteiger partial charge in [0, 0.05) is 16.8 Å². The van der Waals surface area contributed by atoms with Crippen molar-refractivity contribution in [2.24, 2.45) is 0 Å². The van der Waals surface area contributed by atoms with E-state index in [1.807, 2.05) is 5.38 Å². The maximum atomic E-state index is 12.1. The minimum Gasteiger partial charge on any atom is -0.393 e. The van der Waals surface area contributed by atoms with Crippen molar-refractivity contribution in [2.45, 2.75) is 51.6 Å². The van der Waals surface area contributed by atoms with Gasteiger partial charge in [-0.2, -0.15) is 0 Å². The number of fused-ring (bicyclic) bond motifs is 1. The molecule has 1 unspecified atom stereocenters. The van der Waals surface area contributed by atoms with Crippen LogP contribution in [-0.2, 0) is 12.8 Å². The normalized spacial score (nSPS) is 16.1. The molecule has 1 aromatic rings. The Labute approximate surface area is 112 Å². The number of carbonyl (C=O) groups is 1. The van der Waals surface area contributed by atoms with Gasteiger partial charge in [-0.25, -0.2) is 0 Å². The summed E-state index contributed by atoms with van der Waals surface area (Å²) in [6.45, 7) is 2.42. The van der Waals surface area contributed by atoms with Crippen LogP contribution in [0.5, 0.6) is 0 Å². The molecule has 0 fully saturated rings. The Morgan fingerprint density at radius 3 is 3.06 bits per heavy atom. The van der Waals surface area contributed by atoms with Crippen LogP contribution in [0, 0.1) is 0 Å². The van der Waals surface area contributed by atoms with E-state index in [0.29, 0.717) is 6.54 Å². The summed E-state index contributed by atoms with van der Waals surface area (Å²) in [7, 11) is 0. The van der Waals surface area contributed by atoms with Crippen molar-refractivity contribution in [3.8, 4) is 0 Å². The molecule has 1 aromatic heterocycles. The highest BCUT2D eigenvalue weighted by molar-refractivity contribution is 7.10. The molecule has 2 N–H and O–H groups in total. The van der Waals surface area contributed by atoms with Crippen molar-refractivity contribution in [3.05, 3.63) is 21.4 Å². The largest absolute Gasteiger partial charge is 0.393 e. The third kappa shape index (κ3) is 3.33. The Bertz CT molecular complexity index is 412. The average Bonchev–Trinajstić information content (AvgIpc) is 2.78. The number of carbonyl (C=O) groups excluding carboxylic acids is 1. The molecular weight excluding hydrogens is 246 g/mol. The van der Waals surface area contributed by atoms with E-state index in [1.54, 1.807) is 18.3 Å². The summed E-state index contributed by atoms with van der Waals surface area (Å²) in [6.07, 6.45) is 5.92. The predicted molar refractivity (Wildman–Crippen MR) is 74.2 cm³/mol. The van der Waals surface area contributed by atoms with Crippen LogP contribution in [0.4, 0.5) is 0 Å². The number of aliphatic hydroxyl groups excluding tert-OH is 1.